The molecule has 0 fully saturated rings. The number of nitrogens with one attached hydrogen (secondary N) is 1. The van der Waals surface area contributed by atoms with Crippen molar-refractivity contribution in [2.75, 3.05) is 33.2 Å². The summed E-state index contributed by atoms with van der Waals surface area (Å²) in [6.07, 6.45) is 0. The monoisotopic (exact) mass is 310 g/mol. The zero-order valence-corrected chi connectivity index (χ0v) is 14.1. The SMILES string of the molecule is CCNC(=NCc1nc(C)no1)N(C)CC(=O)N(CC)CC. The molecule has 1 aromatic rings. The van der Waals surface area contributed by atoms with E-state index in [9.17, 15) is 4.79 Å². The van der Waals surface area contributed by atoms with Gasteiger partial charge in [-0.3, -0.25) is 4.79 Å². The fourth-order valence-corrected chi connectivity index (χ4v) is 1.97. The van der Waals surface area contributed by atoms with Crippen molar-refractivity contribution in [2.45, 2.75) is 34.2 Å². The van der Waals surface area contributed by atoms with Gasteiger partial charge < -0.3 is 19.6 Å². The summed E-state index contributed by atoms with van der Waals surface area (Å²) in [7, 11) is 1.84. The van der Waals surface area contributed by atoms with Crippen LogP contribution in [-0.4, -0.2) is 65.0 Å². The van der Waals surface area contributed by atoms with Gasteiger partial charge in [0, 0.05) is 26.7 Å². The van der Waals surface area contributed by atoms with Crippen LogP contribution in [0.1, 0.15) is 32.5 Å². The van der Waals surface area contributed by atoms with Gasteiger partial charge in [-0.2, -0.15) is 4.98 Å². The van der Waals surface area contributed by atoms with E-state index in [0.717, 1.165) is 0 Å². The molecule has 0 saturated heterocycles. The number of amides is 1. The van der Waals surface area contributed by atoms with Crippen molar-refractivity contribution in [3.8, 4) is 0 Å². The lowest BCUT2D eigenvalue weighted by Gasteiger charge is -2.25. The Balaban J connectivity index is 2.69. The molecule has 0 aliphatic rings. The molecule has 1 aromatic heterocycles. The molecule has 1 rings (SSSR count). The van der Waals surface area contributed by atoms with Gasteiger partial charge >= 0.3 is 0 Å². The number of aryl methyl sites for hydroxylation is 1. The Morgan fingerprint density at radius 3 is 2.50 bits per heavy atom. The molecule has 0 saturated carbocycles. The Morgan fingerprint density at radius 2 is 2.00 bits per heavy atom. The van der Waals surface area contributed by atoms with Crippen molar-refractivity contribution in [3.63, 3.8) is 0 Å². The largest absolute Gasteiger partial charge is 0.356 e. The van der Waals surface area contributed by atoms with Crippen LogP contribution >= 0.6 is 0 Å². The van der Waals surface area contributed by atoms with Crippen molar-refractivity contribution < 1.29 is 9.32 Å². The lowest BCUT2D eigenvalue weighted by atomic mass is 10.4. The van der Waals surface area contributed by atoms with Gasteiger partial charge in [-0.25, -0.2) is 4.99 Å². The van der Waals surface area contributed by atoms with Crippen LogP contribution in [0.4, 0.5) is 0 Å². The maximum Gasteiger partial charge on any atom is 0.248 e. The highest BCUT2D eigenvalue weighted by Crippen LogP contribution is 1.99. The third kappa shape index (κ3) is 5.34. The standard InChI is InChI=1S/C14H26N6O2/c1-6-15-14(16-9-12-17-11(4)18-22-12)19(5)10-13(21)20(7-2)8-3/h6-10H2,1-5H3,(H,15,16). The molecule has 8 heteroatoms. The van der Waals surface area contributed by atoms with E-state index in [-0.39, 0.29) is 19.0 Å². The van der Waals surface area contributed by atoms with Gasteiger partial charge in [0.1, 0.15) is 6.54 Å². The van der Waals surface area contributed by atoms with Crippen molar-refractivity contribution >= 4 is 11.9 Å². The van der Waals surface area contributed by atoms with E-state index in [2.05, 4.69) is 20.4 Å². The van der Waals surface area contributed by atoms with Crippen LogP contribution in [0.25, 0.3) is 0 Å². The van der Waals surface area contributed by atoms with Crippen LogP contribution in [0.15, 0.2) is 9.52 Å². The summed E-state index contributed by atoms with van der Waals surface area (Å²) in [5, 5.41) is 6.88. The molecule has 0 aliphatic heterocycles. The molecule has 124 valence electrons. The zero-order valence-electron chi connectivity index (χ0n) is 14.1. The summed E-state index contributed by atoms with van der Waals surface area (Å²) in [5.74, 6) is 1.75. The van der Waals surface area contributed by atoms with E-state index in [1.165, 1.54) is 0 Å². The van der Waals surface area contributed by atoms with Crippen LogP contribution in [0, 0.1) is 6.92 Å². The molecule has 1 heterocycles. The molecule has 0 bridgehead atoms. The Morgan fingerprint density at radius 1 is 1.32 bits per heavy atom. The van der Waals surface area contributed by atoms with E-state index in [0.29, 0.717) is 37.3 Å². The number of carbonyl (C=O) groups is 1. The highest BCUT2D eigenvalue weighted by atomic mass is 16.5. The average Bonchev–Trinajstić information content (AvgIpc) is 2.90. The highest BCUT2D eigenvalue weighted by molar-refractivity contribution is 5.86. The third-order valence-electron chi connectivity index (χ3n) is 3.12. The van der Waals surface area contributed by atoms with E-state index >= 15 is 0 Å². The number of carbonyl (C=O) groups excluding carboxylic acids is 1. The zero-order chi connectivity index (χ0) is 16.5. The average molecular weight is 310 g/mol. The summed E-state index contributed by atoms with van der Waals surface area (Å²) in [5.41, 5.74) is 0. The summed E-state index contributed by atoms with van der Waals surface area (Å²) in [4.78, 5) is 24.3. The minimum atomic E-state index is 0.0757. The summed E-state index contributed by atoms with van der Waals surface area (Å²) >= 11 is 0. The first-order chi connectivity index (χ1) is 10.5. The first kappa shape index (κ1) is 17.9. The Kier molecular flexibility index (Phi) is 7.34. The number of guanidine groups is 1. The van der Waals surface area contributed by atoms with E-state index in [1.807, 2.05) is 27.8 Å². The second-order valence-electron chi connectivity index (χ2n) is 4.83. The Bertz CT molecular complexity index is 495. The second-order valence-corrected chi connectivity index (χ2v) is 4.83. The van der Waals surface area contributed by atoms with E-state index < -0.39 is 0 Å². The van der Waals surface area contributed by atoms with Crippen LogP contribution in [0.3, 0.4) is 0 Å². The minimum Gasteiger partial charge on any atom is -0.356 e. The number of rotatable bonds is 7. The van der Waals surface area contributed by atoms with Gasteiger partial charge in [-0.05, 0) is 27.7 Å². The predicted molar refractivity (Wildman–Crippen MR) is 84.4 cm³/mol. The van der Waals surface area contributed by atoms with Gasteiger partial charge in [-0.15, -0.1) is 0 Å². The molecule has 0 atom stereocenters. The highest BCUT2D eigenvalue weighted by Gasteiger charge is 2.15. The van der Waals surface area contributed by atoms with E-state index in [4.69, 9.17) is 4.52 Å². The molecular formula is C14H26N6O2. The van der Waals surface area contributed by atoms with Crippen molar-refractivity contribution in [3.05, 3.63) is 11.7 Å². The smallest absolute Gasteiger partial charge is 0.248 e. The van der Waals surface area contributed by atoms with Crippen LogP contribution in [0.5, 0.6) is 0 Å². The summed E-state index contributed by atoms with van der Waals surface area (Å²) in [6, 6.07) is 0. The van der Waals surface area contributed by atoms with E-state index in [1.54, 1.807) is 16.7 Å². The van der Waals surface area contributed by atoms with Crippen molar-refractivity contribution in [1.29, 1.82) is 0 Å². The number of hydrogen-bond acceptors (Lipinski definition) is 5. The predicted octanol–water partition coefficient (Wildman–Crippen LogP) is 0.644. The molecule has 1 amide bonds. The molecule has 0 spiro atoms. The topological polar surface area (TPSA) is 86.9 Å². The number of aromatic nitrogens is 2. The van der Waals surface area contributed by atoms with Crippen LogP contribution < -0.4 is 5.32 Å². The van der Waals surface area contributed by atoms with Crippen LogP contribution in [-0.2, 0) is 11.3 Å². The summed E-state index contributed by atoms with van der Waals surface area (Å²) in [6.45, 7) is 10.4. The lowest BCUT2D eigenvalue weighted by Crippen LogP contribution is -2.45. The second kappa shape index (κ2) is 9.01. The normalized spacial score (nSPS) is 11.4. The third-order valence-corrected chi connectivity index (χ3v) is 3.12. The van der Waals surface area contributed by atoms with Crippen LogP contribution in [0.2, 0.25) is 0 Å². The number of nitrogens with zero attached hydrogens (tertiary/aromatic N) is 5. The molecule has 0 radical (unpaired) electrons. The fourth-order valence-electron chi connectivity index (χ4n) is 1.97. The number of hydrogen-bond donors (Lipinski definition) is 1. The minimum absolute atomic E-state index is 0.0757. The maximum atomic E-state index is 12.2. The molecule has 0 unspecified atom stereocenters. The molecule has 8 nitrogen and oxygen atoms in total. The first-order valence-corrected chi connectivity index (χ1v) is 7.58. The van der Waals surface area contributed by atoms with Gasteiger partial charge in [0.25, 0.3) is 0 Å². The number of aliphatic imine (C=N–C) groups is 1. The van der Waals surface area contributed by atoms with Gasteiger partial charge in [0.2, 0.25) is 11.8 Å². The van der Waals surface area contributed by atoms with Gasteiger partial charge in [0.15, 0.2) is 11.8 Å². The first-order valence-electron chi connectivity index (χ1n) is 7.58. The van der Waals surface area contributed by atoms with Crippen molar-refractivity contribution in [1.82, 2.24) is 25.3 Å². The molecular weight excluding hydrogens is 284 g/mol. The van der Waals surface area contributed by atoms with Crippen molar-refractivity contribution in [2.24, 2.45) is 4.99 Å². The molecule has 0 aliphatic carbocycles. The maximum absolute atomic E-state index is 12.2. The quantitative estimate of drug-likeness (QED) is 0.587. The molecule has 22 heavy (non-hydrogen) atoms. The van der Waals surface area contributed by atoms with Gasteiger partial charge in [0.05, 0.1) is 6.54 Å². The Labute approximate surface area is 131 Å². The molecule has 0 aromatic carbocycles. The number of likely N-dealkylation sites (N-methyl/N-ethyl adjacent to an activating group) is 2. The lowest BCUT2D eigenvalue weighted by molar-refractivity contribution is -0.131. The summed E-state index contributed by atoms with van der Waals surface area (Å²) < 4.78 is 5.04. The Hall–Kier alpha value is -2.12. The van der Waals surface area contributed by atoms with Gasteiger partial charge in [-0.1, -0.05) is 5.16 Å². The fraction of sp³-hybridized carbons (Fsp3) is 0.714. The molecule has 1 N–H and O–H groups in total.